The molecule has 3 aromatic carbocycles. The second kappa shape index (κ2) is 5.59. The molecule has 0 heterocycles. The van der Waals surface area contributed by atoms with Gasteiger partial charge in [0.15, 0.2) is 0 Å². The first kappa shape index (κ1) is 15.4. The molecule has 0 unspecified atom stereocenters. The number of phenolic OH excluding ortho intramolecular Hbond substituents is 1. The quantitative estimate of drug-likeness (QED) is 0.765. The van der Waals surface area contributed by atoms with Gasteiger partial charge in [0, 0.05) is 5.39 Å². The van der Waals surface area contributed by atoms with Crippen molar-refractivity contribution in [3.63, 3.8) is 0 Å². The lowest BCUT2D eigenvalue weighted by Gasteiger charge is -2.13. The third-order valence-corrected chi connectivity index (χ3v) is 5.25. The van der Waals surface area contributed by atoms with Gasteiger partial charge in [0.25, 0.3) is 10.0 Å². The normalized spacial score (nSPS) is 11.6. The molecule has 118 valence electrons. The zero-order chi connectivity index (χ0) is 16.6. The zero-order valence-corrected chi connectivity index (χ0v) is 13.7. The van der Waals surface area contributed by atoms with Gasteiger partial charge in [-0.3, -0.25) is 4.72 Å². The number of nitrogens with one attached hydrogen (secondary N) is 1. The first-order valence-electron chi connectivity index (χ1n) is 7.19. The molecule has 0 radical (unpaired) electrons. The highest BCUT2D eigenvalue weighted by molar-refractivity contribution is 7.92. The van der Waals surface area contributed by atoms with Gasteiger partial charge in [0.05, 0.1) is 10.6 Å². The SMILES string of the molecule is Cc1ccc(C)c(S(=O)(=O)Nc2cccc3ccc(O)cc23)c1. The van der Waals surface area contributed by atoms with Gasteiger partial charge in [-0.1, -0.05) is 30.3 Å². The third-order valence-electron chi connectivity index (χ3n) is 3.74. The Kier molecular flexibility index (Phi) is 3.74. The minimum absolute atomic E-state index is 0.0934. The van der Waals surface area contributed by atoms with Crippen LogP contribution >= 0.6 is 0 Å². The molecule has 3 aromatic rings. The number of hydrogen-bond donors (Lipinski definition) is 2. The average molecular weight is 327 g/mol. The van der Waals surface area contributed by atoms with Gasteiger partial charge in [-0.15, -0.1) is 0 Å². The van der Waals surface area contributed by atoms with E-state index < -0.39 is 10.0 Å². The molecule has 0 amide bonds. The molecule has 0 atom stereocenters. The summed E-state index contributed by atoms with van der Waals surface area (Å²) in [5.41, 5.74) is 2.01. The van der Waals surface area contributed by atoms with Crippen LogP contribution < -0.4 is 4.72 Å². The second-order valence-electron chi connectivity index (χ2n) is 5.59. The van der Waals surface area contributed by atoms with Crippen LogP contribution in [0.4, 0.5) is 5.69 Å². The molecule has 0 aliphatic heterocycles. The van der Waals surface area contributed by atoms with E-state index in [1.165, 1.54) is 0 Å². The Hall–Kier alpha value is -2.53. The molecule has 0 bridgehead atoms. The molecule has 0 spiro atoms. The van der Waals surface area contributed by atoms with Crippen molar-refractivity contribution in [2.24, 2.45) is 0 Å². The third kappa shape index (κ3) is 3.00. The first-order valence-corrected chi connectivity index (χ1v) is 8.67. The zero-order valence-electron chi connectivity index (χ0n) is 12.9. The number of benzene rings is 3. The highest BCUT2D eigenvalue weighted by Crippen LogP contribution is 2.29. The summed E-state index contributed by atoms with van der Waals surface area (Å²) >= 11 is 0. The summed E-state index contributed by atoms with van der Waals surface area (Å²) in [6.07, 6.45) is 0. The van der Waals surface area contributed by atoms with Crippen LogP contribution in [0.2, 0.25) is 0 Å². The van der Waals surface area contributed by atoms with Crippen LogP contribution in [0.3, 0.4) is 0 Å². The maximum atomic E-state index is 12.7. The maximum absolute atomic E-state index is 12.7. The Labute approximate surface area is 135 Å². The van der Waals surface area contributed by atoms with Crippen molar-refractivity contribution < 1.29 is 13.5 Å². The molecule has 0 saturated carbocycles. The van der Waals surface area contributed by atoms with E-state index in [9.17, 15) is 13.5 Å². The minimum Gasteiger partial charge on any atom is -0.508 e. The van der Waals surface area contributed by atoms with Gasteiger partial charge < -0.3 is 5.11 Å². The van der Waals surface area contributed by atoms with Crippen molar-refractivity contribution in [1.29, 1.82) is 0 Å². The molecule has 0 fully saturated rings. The van der Waals surface area contributed by atoms with Gasteiger partial charge in [-0.25, -0.2) is 8.42 Å². The summed E-state index contributed by atoms with van der Waals surface area (Å²) in [6, 6.07) is 15.5. The second-order valence-corrected chi connectivity index (χ2v) is 7.24. The van der Waals surface area contributed by atoms with Gasteiger partial charge in [-0.2, -0.15) is 0 Å². The van der Waals surface area contributed by atoms with Crippen molar-refractivity contribution in [2.75, 3.05) is 4.72 Å². The number of aryl methyl sites for hydroxylation is 2. The lowest BCUT2D eigenvalue weighted by atomic mass is 10.1. The van der Waals surface area contributed by atoms with Crippen molar-refractivity contribution >= 4 is 26.5 Å². The van der Waals surface area contributed by atoms with Crippen LogP contribution in [0.1, 0.15) is 11.1 Å². The number of aromatic hydroxyl groups is 1. The predicted octanol–water partition coefficient (Wildman–Crippen LogP) is 3.96. The standard InChI is InChI=1S/C18H17NO3S/c1-12-6-7-13(2)18(10-12)23(21,22)19-17-5-3-4-14-8-9-15(20)11-16(14)17/h3-11,19-20H,1-2H3. The fourth-order valence-electron chi connectivity index (χ4n) is 2.55. The van der Waals surface area contributed by atoms with E-state index in [0.29, 0.717) is 16.6 Å². The predicted molar refractivity (Wildman–Crippen MR) is 92.3 cm³/mol. The Morgan fingerprint density at radius 2 is 1.74 bits per heavy atom. The molecule has 0 aromatic heterocycles. The Morgan fingerprint density at radius 3 is 2.52 bits per heavy atom. The Bertz CT molecular complexity index is 994. The Balaban J connectivity index is 2.11. The van der Waals surface area contributed by atoms with E-state index >= 15 is 0 Å². The number of hydrogen-bond acceptors (Lipinski definition) is 3. The van der Waals surface area contributed by atoms with Crippen molar-refractivity contribution in [3.05, 3.63) is 65.7 Å². The number of phenols is 1. The minimum atomic E-state index is -3.70. The number of rotatable bonds is 3. The van der Waals surface area contributed by atoms with Crippen LogP contribution in [0, 0.1) is 13.8 Å². The molecule has 3 rings (SSSR count). The van der Waals surface area contributed by atoms with Crippen molar-refractivity contribution in [3.8, 4) is 5.75 Å². The fraction of sp³-hybridized carbons (Fsp3) is 0.111. The highest BCUT2D eigenvalue weighted by atomic mass is 32.2. The van der Waals surface area contributed by atoms with Crippen LogP contribution in [0.25, 0.3) is 10.8 Å². The lowest BCUT2D eigenvalue weighted by molar-refractivity contribution is 0.476. The molecule has 4 nitrogen and oxygen atoms in total. The molecule has 23 heavy (non-hydrogen) atoms. The van der Waals surface area contributed by atoms with E-state index in [0.717, 1.165) is 10.9 Å². The Morgan fingerprint density at radius 1 is 0.957 bits per heavy atom. The first-order chi connectivity index (χ1) is 10.9. The van der Waals surface area contributed by atoms with E-state index in [4.69, 9.17) is 0 Å². The number of fused-ring (bicyclic) bond motifs is 1. The largest absolute Gasteiger partial charge is 0.508 e. The number of anilines is 1. The summed E-state index contributed by atoms with van der Waals surface area (Å²) in [7, 11) is -3.70. The molecule has 0 aliphatic carbocycles. The van der Waals surface area contributed by atoms with Crippen LogP contribution in [-0.2, 0) is 10.0 Å². The fourth-order valence-corrected chi connectivity index (χ4v) is 3.96. The van der Waals surface area contributed by atoms with E-state index in [1.807, 2.05) is 19.1 Å². The molecule has 0 aliphatic rings. The summed E-state index contributed by atoms with van der Waals surface area (Å²) in [5, 5.41) is 11.2. The summed E-state index contributed by atoms with van der Waals surface area (Å²) in [6.45, 7) is 3.62. The van der Waals surface area contributed by atoms with E-state index in [1.54, 1.807) is 49.4 Å². The molecule has 0 saturated heterocycles. The topological polar surface area (TPSA) is 66.4 Å². The van der Waals surface area contributed by atoms with Crippen LogP contribution in [0.15, 0.2) is 59.5 Å². The van der Waals surface area contributed by atoms with Crippen LogP contribution in [0.5, 0.6) is 5.75 Å². The van der Waals surface area contributed by atoms with Crippen molar-refractivity contribution in [2.45, 2.75) is 18.7 Å². The van der Waals surface area contributed by atoms with Gasteiger partial charge in [0.1, 0.15) is 5.75 Å². The van der Waals surface area contributed by atoms with E-state index in [-0.39, 0.29) is 10.6 Å². The maximum Gasteiger partial charge on any atom is 0.262 e. The lowest BCUT2D eigenvalue weighted by Crippen LogP contribution is -2.14. The summed E-state index contributed by atoms with van der Waals surface area (Å²) in [5.74, 6) is 0.0934. The van der Waals surface area contributed by atoms with Gasteiger partial charge in [-0.05, 0) is 54.6 Å². The number of sulfonamides is 1. The molecular weight excluding hydrogens is 310 g/mol. The highest BCUT2D eigenvalue weighted by Gasteiger charge is 2.18. The average Bonchev–Trinajstić information content (AvgIpc) is 2.50. The van der Waals surface area contributed by atoms with Crippen LogP contribution in [-0.4, -0.2) is 13.5 Å². The summed E-state index contributed by atoms with van der Waals surface area (Å²) < 4.78 is 28.1. The molecule has 2 N–H and O–H groups in total. The smallest absolute Gasteiger partial charge is 0.262 e. The molecule has 5 heteroatoms. The van der Waals surface area contributed by atoms with Gasteiger partial charge >= 0.3 is 0 Å². The van der Waals surface area contributed by atoms with Crippen molar-refractivity contribution in [1.82, 2.24) is 0 Å². The monoisotopic (exact) mass is 327 g/mol. The van der Waals surface area contributed by atoms with Gasteiger partial charge in [0.2, 0.25) is 0 Å². The molecular formula is C18H17NO3S. The van der Waals surface area contributed by atoms with E-state index in [2.05, 4.69) is 4.72 Å². The summed E-state index contributed by atoms with van der Waals surface area (Å²) in [4.78, 5) is 0.259.